The molecule has 0 unspecified atom stereocenters. The van der Waals surface area contributed by atoms with E-state index in [0.29, 0.717) is 28.0 Å². The van der Waals surface area contributed by atoms with Crippen LogP contribution in [0.3, 0.4) is 0 Å². The lowest BCUT2D eigenvalue weighted by molar-refractivity contribution is -0.140. The zero-order valence-electron chi connectivity index (χ0n) is 22.2. The molecule has 3 aromatic carbocycles. The van der Waals surface area contributed by atoms with Crippen LogP contribution in [-0.4, -0.2) is 41.2 Å². The van der Waals surface area contributed by atoms with E-state index in [2.05, 4.69) is 5.32 Å². The quantitative estimate of drug-likeness (QED) is 0.275. The first-order valence-electron chi connectivity index (χ1n) is 12.4. The predicted octanol–water partition coefficient (Wildman–Crippen LogP) is 6.79. The van der Waals surface area contributed by atoms with Crippen LogP contribution < -0.4 is 10.1 Å². The van der Waals surface area contributed by atoms with Gasteiger partial charge in [-0.3, -0.25) is 9.59 Å². The lowest BCUT2D eigenvalue weighted by atomic mass is 10.0. The molecule has 3 aromatic rings. The molecule has 0 aliphatic rings. The Balaban J connectivity index is 1.91. The van der Waals surface area contributed by atoms with Crippen molar-refractivity contribution in [1.29, 1.82) is 0 Å². The molecule has 0 aliphatic heterocycles. The van der Waals surface area contributed by atoms with E-state index < -0.39 is 11.6 Å². The van der Waals surface area contributed by atoms with Crippen LogP contribution in [0.2, 0.25) is 10.0 Å². The Bertz CT molecular complexity index is 1210. The maximum atomic E-state index is 13.8. The molecule has 0 fully saturated rings. The Morgan fingerprint density at radius 3 is 2.21 bits per heavy atom. The largest absolute Gasteiger partial charge is 0.497 e. The van der Waals surface area contributed by atoms with Crippen LogP contribution >= 0.6 is 35.0 Å². The molecular weight excluding hydrogens is 539 g/mol. The fourth-order valence-electron chi connectivity index (χ4n) is 3.97. The minimum absolute atomic E-state index is 0.147. The van der Waals surface area contributed by atoms with Crippen LogP contribution in [0.4, 0.5) is 0 Å². The zero-order valence-corrected chi connectivity index (χ0v) is 24.5. The second-order valence-electron chi connectivity index (χ2n) is 10.0. The van der Waals surface area contributed by atoms with Crippen LogP contribution in [0.25, 0.3) is 0 Å². The number of thioether (sulfide) groups is 1. The first kappa shape index (κ1) is 29.9. The predicted molar refractivity (Wildman–Crippen MR) is 158 cm³/mol. The van der Waals surface area contributed by atoms with E-state index in [1.54, 1.807) is 30.2 Å². The number of hydrogen-bond acceptors (Lipinski definition) is 4. The van der Waals surface area contributed by atoms with Crippen LogP contribution in [0, 0.1) is 0 Å². The molecule has 0 aliphatic carbocycles. The van der Waals surface area contributed by atoms with Gasteiger partial charge in [-0.1, -0.05) is 71.7 Å². The van der Waals surface area contributed by atoms with Gasteiger partial charge in [0.2, 0.25) is 11.8 Å². The minimum Gasteiger partial charge on any atom is -0.497 e. The summed E-state index contributed by atoms with van der Waals surface area (Å²) in [5.74, 6) is 0.994. The van der Waals surface area contributed by atoms with Crippen molar-refractivity contribution < 1.29 is 14.3 Å². The molecular formula is C30H34Cl2N2O3S. The first-order valence-corrected chi connectivity index (χ1v) is 14.3. The van der Waals surface area contributed by atoms with Gasteiger partial charge in [-0.05, 0) is 61.7 Å². The van der Waals surface area contributed by atoms with E-state index >= 15 is 0 Å². The van der Waals surface area contributed by atoms with E-state index in [-0.39, 0.29) is 24.1 Å². The summed E-state index contributed by atoms with van der Waals surface area (Å²) in [5.41, 5.74) is 2.19. The second kappa shape index (κ2) is 13.9. The number of nitrogens with zero attached hydrogens (tertiary/aromatic N) is 1. The Kier molecular flexibility index (Phi) is 11.0. The van der Waals surface area contributed by atoms with Crippen LogP contribution in [0.15, 0.2) is 72.8 Å². The smallest absolute Gasteiger partial charge is 0.243 e. The normalized spacial score (nSPS) is 12.1. The summed E-state index contributed by atoms with van der Waals surface area (Å²) in [4.78, 5) is 29.1. The molecule has 2 amide bonds. The Morgan fingerprint density at radius 1 is 0.947 bits per heavy atom. The highest BCUT2D eigenvalue weighted by Gasteiger charge is 2.32. The molecule has 1 N–H and O–H groups in total. The van der Waals surface area contributed by atoms with Gasteiger partial charge in [0, 0.05) is 34.3 Å². The second-order valence-corrected chi connectivity index (χ2v) is 11.8. The van der Waals surface area contributed by atoms with Crippen LogP contribution in [-0.2, 0) is 28.3 Å². The van der Waals surface area contributed by atoms with Gasteiger partial charge in [-0.15, -0.1) is 11.8 Å². The lowest BCUT2D eigenvalue weighted by Gasteiger charge is -2.34. The summed E-state index contributed by atoms with van der Waals surface area (Å²) in [6.45, 7) is 6.06. The Hall–Kier alpha value is -2.67. The molecule has 8 heteroatoms. The van der Waals surface area contributed by atoms with Gasteiger partial charge in [0.05, 0.1) is 12.9 Å². The third-order valence-corrected chi connectivity index (χ3v) is 7.44. The van der Waals surface area contributed by atoms with Crippen molar-refractivity contribution >= 4 is 46.8 Å². The summed E-state index contributed by atoms with van der Waals surface area (Å²) in [6.07, 6.45) is 0.388. The number of benzene rings is 3. The zero-order chi connectivity index (χ0) is 27.7. The maximum absolute atomic E-state index is 13.8. The summed E-state index contributed by atoms with van der Waals surface area (Å²) >= 11 is 14.1. The molecule has 5 nitrogen and oxygen atoms in total. The van der Waals surface area contributed by atoms with Gasteiger partial charge in [0.25, 0.3) is 0 Å². The molecule has 0 radical (unpaired) electrons. The van der Waals surface area contributed by atoms with Crippen molar-refractivity contribution in [2.45, 2.75) is 51.1 Å². The standard InChI is InChI=1S/C30H34Cl2N2O3S/c1-30(2,3)33-29(36)27(17-21-10-6-5-7-11-21)34(18-22-12-8-13-23(16-22)37-4)28(35)20-38-19-24-25(31)14-9-15-26(24)32/h5-16,27H,17-20H2,1-4H3,(H,33,36)/t27-/m0/s1. The lowest BCUT2D eigenvalue weighted by Crippen LogP contribution is -2.54. The van der Waals surface area contributed by atoms with E-state index in [1.165, 1.54) is 11.8 Å². The van der Waals surface area contributed by atoms with Gasteiger partial charge in [-0.2, -0.15) is 0 Å². The van der Waals surface area contributed by atoms with E-state index in [9.17, 15) is 9.59 Å². The fraction of sp³-hybridized carbons (Fsp3) is 0.333. The number of carbonyl (C=O) groups excluding carboxylic acids is 2. The highest BCUT2D eigenvalue weighted by Crippen LogP contribution is 2.29. The number of carbonyl (C=O) groups is 2. The average molecular weight is 574 g/mol. The number of nitrogens with one attached hydrogen (secondary N) is 1. The van der Waals surface area contributed by atoms with Crippen molar-refractivity contribution in [3.8, 4) is 5.75 Å². The molecule has 0 bridgehead atoms. The maximum Gasteiger partial charge on any atom is 0.243 e. The molecule has 0 saturated carbocycles. The number of amides is 2. The van der Waals surface area contributed by atoms with Gasteiger partial charge >= 0.3 is 0 Å². The summed E-state index contributed by atoms with van der Waals surface area (Å²) < 4.78 is 5.39. The Labute approximate surface area is 239 Å². The Morgan fingerprint density at radius 2 is 1.58 bits per heavy atom. The van der Waals surface area contributed by atoms with Crippen LogP contribution in [0.1, 0.15) is 37.5 Å². The third-order valence-electron chi connectivity index (χ3n) is 5.79. The van der Waals surface area contributed by atoms with E-state index in [4.69, 9.17) is 27.9 Å². The number of ether oxygens (including phenoxy) is 1. The molecule has 38 heavy (non-hydrogen) atoms. The molecule has 0 spiro atoms. The van der Waals surface area contributed by atoms with E-state index in [1.807, 2.05) is 75.4 Å². The van der Waals surface area contributed by atoms with Crippen molar-refractivity contribution in [2.75, 3.05) is 12.9 Å². The van der Waals surface area contributed by atoms with Crippen molar-refractivity contribution in [3.05, 3.63) is 99.5 Å². The molecule has 0 saturated heterocycles. The molecule has 1 atom stereocenters. The summed E-state index contributed by atoms with van der Waals surface area (Å²) in [7, 11) is 1.60. The number of halogens is 2. The fourth-order valence-corrected chi connectivity index (χ4v) is 5.62. The summed E-state index contributed by atoms with van der Waals surface area (Å²) in [5, 5.41) is 4.21. The van der Waals surface area contributed by atoms with Crippen LogP contribution in [0.5, 0.6) is 5.75 Å². The highest BCUT2D eigenvalue weighted by atomic mass is 35.5. The molecule has 0 heterocycles. The minimum atomic E-state index is -0.708. The first-order chi connectivity index (χ1) is 18.1. The monoisotopic (exact) mass is 572 g/mol. The molecule has 3 rings (SSSR count). The topological polar surface area (TPSA) is 58.6 Å². The third kappa shape index (κ3) is 8.97. The molecule has 202 valence electrons. The molecule has 0 aromatic heterocycles. The van der Waals surface area contributed by atoms with Gasteiger partial charge < -0.3 is 15.0 Å². The number of hydrogen-bond donors (Lipinski definition) is 1. The SMILES string of the molecule is COc1cccc(CN(C(=O)CSCc2c(Cl)cccc2Cl)[C@@H](Cc2ccccc2)C(=O)NC(C)(C)C)c1. The van der Waals surface area contributed by atoms with Gasteiger partial charge in [-0.25, -0.2) is 0 Å². The van der Waals surface area contributed by atoms with Crippen molar-refractivity contribution in [1.82, 2.24) is 10.2 Å². The number of rotatable bonds is 11. The highest BCUT2D eigenvalue weighted by molar-refractivity contribution is 7.99. The van der Waals surface area contributed by atoms with Crippen molar-refractivity contribution in [3.63, 3.8) is 0 Å². The summed E-state index contributed by atoms with van der Waals surface area (Å²) in [6, 6.07) is 22.0. The average Bonchev–Trinajstić information content (AvgIpc) is 2.87. The van der Waals surface area contributed by atoms with Gasteiger partial charge in [0.15, 0.2) is 0 Å². The van der Waals surface area contributed by atoms with E-state index in [0.717, 1.165) is 16.7 Å². The van der Waals surface area contributed by atoms with Gasteiger partial charge in [0.1, 0.15) is 11.8 Å². The number of methoxy groups -OCH3 is 1. The van der Waals surface area contributed by atoms with Crippen molar-refractivity contribution in [2.24, 2.45) is 0 Å².